The van der Waals surface area contributed by atoms with Crippen LogP contribution in [0.25, 0.3) is 0 Å². The van der Waals surface area contributed by atoms with Crippen molar-refractivity contribution < 1.29 is 13.9 Å². The summed E-state index contributed by atoms with van der Waals surface area (Å²) in [5, 5.41) is 0. The number of nitrogens with two attached hydrogens (primary N) is 1. The van der Waals surface area contributed by atoms with E-state index in [1.54, 1.807) is 6.07 Å². The van der Waals surface area contributed by atoms with E-state index in [1.807, 2.05) is 6.92 Å². The standard InChI is InChI=1S/C12H14FNO2/c1-8-2-3-10(13)9(6-8)11(15)12(14)4-5-16-7-12/h2-3,6H,4-5,7,14H2,1H3. The zero-order chi connectivity index (χ0) is 11.8. The molecule has 1 saturated heterocycles. The first-order valence-corrected chi connectivity index (χ1v) is 5.20. The molecular weight excluding hydrogens is 209 g/mol. The van der Waals surface area contributed by atoms with Crippen LogP contribution in [0.15, 0.2) is 18.2 Å². The summed E-state index contributed by atoms with van der Waals surface area (Å²) in [7, 11) is 0. The number of carbonyl (C=O) groups excluding carboxylic acids is 1. The van der Waals surface area contributed by atoms with E-state index in [0.717, 1.165) is 5.56 Å². The van der Waals surface area contributed by atoms with E-state index in [-0.39, 0.29) is 18.0 Å². The van der Waals surface area contributed by atoms with Gasteiger partial charge in [-0.25, -0.2) is 4.39 Å². The summed E-state index contributed by atoms with van der Waals surface area (Å²) < 4.78 is 18.6. The van der Waals surface area contributed by atoms with Gasteiger partial charge in [0.2, 0.25) is 0 Å². The maximum atomic E-state index is 13.5. The van der Waals surface area contributed by atoms with Gasteiger partial charge in [-0.15, -0.1) is 0 Å². The highest BCUT2D eigenvalue weighted by Crippen LogP contribution is 2.23. The fourth-order valence-corrected chi connectivity index (χ4v) is 1.84. The smallest absolute Gasteiger partial charge is 0.188 e. The minimum Gasteiger partial charge on any atom is -0.379 e. The molecule has 0 aromatic heterocycles. The van der Waals surface area contributed by atoms with Gasteiger partial charge in [-0.3, -0.25) is 4.79 Å². The maximum absolute atomic E-state index is 13.5. The first kappa shape index (κ1) is 11.2. The predicted molar refractivity (Wildman–Crippen MR) is 57.8 cm³/mol. The second-order valence-electron chi connectivity index (χ2n) is 4.27. The van der Waals surface area contributed by atoms with Crippen LogP contribution in [0.5, 0.6) is 0 Å². The monoisotopic (exact) mass is 223 g/mol. The average molecular weight is 223 g/mol. The molecule has 1 aliphatic heterocycles. The van der Waals surface area contributed by atoms with Gasteiger partial charge in [-0.1, -0.05) is 11.6 Å². The summed E-state index contributed by atoms with van der Waals surface area (Å²) in [5.41, 5.74) is 5.75. The van der Waals surface area contributed by atoms with E-state index >= 15 is 0 Å². The summed E-state index contributed by atoms with van der Waals surface area (Å²) in [4.78, 5) is 12.1. The summed E-state index contributed by atoms with van der Waals surface area (Å²) >= 11 is 0. The first-order chi connectivity index (χ1) is 7.53. The van der Waals surface area contributed by atoms with Crippen molar-refractivity contribution >= 4 is 5.78 Å². The lowest BCUT2D eigenvalue weighted by molar-refractivity contribution is 0.0858. The van der Waals surface area contributed by atoms with E-state index in [0.29, 0.717) is 13.0 Å². The van der Waals surface area contributed by atoms with Crippen LogP contribution in [0.3, 0.4) is 0 Å². The molecule has 0 aliphatic carbocycles. The molecular formula is C12H14FNO2. The van der Waals surface area contributed by atoms with E-state index < -0.39 is 11.4 Å². The molecule has 86 valence electrons. The van der Waals surface area contributed by atoms with Crippen molar-refractivity contribution in [1.29, 1.82) is 0 Å². The number of hydrogen-bond acceptors (Lipinski definition) is 3. The minimum atomic E-state index is -1.06. The third kappa shape index (κ3) is 1.86. The van der Waals surface area contributed by atoms with Crippen LogP contribution in [-0.2, 0) is 4.74 Å². The Morgan fingerprint density at radius 2 is 2.31 bits per heavy atom. The Kier molecular flexibility index (Phi) is 2.78. The van der Waals surface area contributed by atoms with E-state index in [2.05, 4.69) is 0 Å². The first-order valence-electron chi connectivity index (χ1n) is 5.20. The molecule has 4 heteroatoms. The fourth-order valence-electron chi connectivity index (χ4n) is 1.84. The number of halogens is 1. The van der Waals surface area contributed by atoms with Crippen molar-refractivity contribution in [3.8, 4) is 0 Å². The van der Waals surface area contributed by atoms with E-state index in [1.165, 1.54) is 12.1 Å². The summed E-state index contributed by atoms with van der Waals surface area (Å²) in [6, 6.07) is 4.45. The predicted octanol–water partition coefficient (Wildman–Crippen LogP) is 1.43. The number of Topliss-reactive ketones (excluding diaryl/α,β-unsaturated/α-hetero) is 1. The number of benzene rings is 1. The molecule has 0 amide bonds. The number of rotatable bonds is 2. The molecule has 1 aliphatic rings. The second kappa shape index (κ2) is 3.96. The normalized spacial score (nSPS) is 24.7. The molecule has 1 aromatic carbocycles. The summed E-state index contributed by atoms with van der Waals surface area (Å²) in [6.45, 7) is 2.43. The Morgan fingerprint density at radius 3 is 2.94 bits per heavy atom. The zero-order valence-corrected chi connectivity index (χ0v) is 9.13. The molecule has 1 atom stereocenters. The molecule has 2 N–H and O–H groups in total. The van der Waals surface area contributed by atoms with Crippen molar-refractivity contribution in [3.63, 3.8) is 0 Å². The van der Waals surface area contributed by atoms with Crippen molar-refractivity contribution in [2.75, 3.05) is 13.2 Å². The fraction of sp³-hybridized carbons (Fsp3) is 0.417. The topological polar surface area (TPSA) is 52.3 Å². The Balaban J connectivity index is 2.36. The van der Waals surface area contributed by atoms with Gasteiger partial charge >= 0.3 is 0 Å². The Bertz CT molecular complexity index is 425. The Labute approximate surface area is 93.4 Å². The molecule has 1 fully saturated rings. The Morgan fingerprint density at radius 1 is 1.56 bits per heavy atom. The van der Waals surface area contributed by atoms with Crippen molar-refractivity contribution in [2.45, 2.75) is 18.9 Å². The SMILES string of the molecule is Cc1ccc(F)c(C(=O)C2(N)CCOC2)c1. The number of ether oxygens (including phenoxy) is 1. The van der Waals surface area contributed by atoms with Gasteiger partial charge in [0.1, 0.15) is 11.4 Å². The van der Waals surface area contributed by atoms with Crippen molar-refractivity contribution in [3.05, 3.63) is 35.1 Å². The lowest BCUT2D eigenvalue weighted by Crippen LogP contribution is -2.48. The van der Waals surface area contributed by atoms with E-state index in [9.17, 15) is 9.18 Å². The number of aryl methyl sites for hydroxylation is 1. The van der Waals surface area contributed by atoms with Gasteiger partial charge in [0.25, 0.3) is 0 Å². The second-order valence-corrected chi connectivity index (χ2v) is 4.27. The molecule has 3 nitrogen and oxygen atoms in total. The largest absolute Gasteiger partial charge is 0.379 e. The van der Waals surface area contributed by atoms with Crippen LogP contribution in [0.2, 0.25) is 0 Å². The van der Waals surface area contributed by atoms with Gasteiger partial charge in [0.05, 0.1) is 12.2 Å². The third-order valence-corrected chi connectivity index (χ3v) is 2.87. The van der Waals surface area contributed by atoms with Crippen LogP contribution >= 0.6 is 0 Å². The lowest BCUT2D eigenvalue weighted by Gasteiger charge is -2.20. The summed E-state index contributed by atoms with van der Waals surface area (Å²) in [6.07, 6.45) is 0.444. The maximum Gasteiger partial charge on any atom is 0.188 e. The van der Waals surface area contributed by atoms with Crippen molar-refractivity contribution in [2.24, 2.45) is 5.73 Å². The molecule has 0 saturated carbocycles. The molecule has 1 unspecified atom stereocenters. The molecule has 2 rings (SSSR count). The van der Waals surface area contributed by atoms with Crippen LogP contribution in [0.1, 0.15) is 22.3 Å². The number of carbonyl (C=O) groups is 1. The molecule has 0 spiro atoms. The molecule has 1 heterocycles. The van der Waals surface area contributed by atoms with Gasteiger partial charge in [-0.2, -0.15) is 0 Å². The quantitative estimate of drug-likeness (QED) is 0.772. The minimum absolute atomic E-state index is 0.0630. The highest BCUT2D eigenvalue weighted by molar-refractivity contribution is 6.03. The Hall–Kier alpha value is -1.26. The van der Waals surface area contributed by atoms with Gasteiger partial charge in [0, 0.05) is 6.61 Å². The number of ketones is 1. The van der Waals surface area contributed by atoms with Gasteiger partial charge < -0.3 is 10.5 Å². The molecule has 16 heavy (non-hydrogen) atoms. The van der Waals surface area contributed by atoms with E-state index in [4.69, 9.17) is 10.5 Å². The van der Waals surface area contributed by atoms with Gasteiger partial charge in [-0.05, 0) is 25.5 Å². The van der Waals surface area contributed by atoms with Crippen molar-refractivity contribution in [1.82, 2.24) is 0 Å². The highest BCUT2D eigenvalue weighted by Gasteiger charge is 2.39. The highest BCUT2D eigenvalue weighted by atomic mass is 19.1. The van der Waals surface area contributed by atoms with Gasteiger partial charge in [0.15, 0.2) is 5.78 Å². The summed E-state index contributed by atoms with van der Waals surface area (Å²) in [5.74, 6) is -0.890. The average Bonchev–Trinajstić information content (AvgIpc) is 2.69. The zero-order valence-electron chi connectivity index (χ0n) is 9.13. The number of hydrogen-bond donors (Lipinski definition) is 1. The van der Waals surface area contributed by atoms with Crippen LogP contribution in [0, 0.1) is 12.7 Å². The molecule has 0 radical (unpaired) electrons. The van der Waals surface area contributed by atoms with Crippen LogP contribution < -0.4 is 5.73 Å². The molecule has 0 bridgehead atoms. The molecule has 1 aromatic rings. The third-order valence-electron chi connectivity index (χ3n) is 2.87. The van der Waals surface area contributed by atoms with Crippen LogP contribution in [-0.4, -0.2) is 24.5 Å². The van der Waals surface area contributed by atoms with Crippen LogP contribution in [0.4, 0.5) is 4.39 Å². The lowest BCUT2D eigenvalue weighted by atomic mass is 9.89.